The van der Waals surface area contributed by atoms with Crippen LogP contribution in [0.25, 0.3) is 0 Å². The van der Waals surface area contributed by atoms with Crippen molar-refractivity contribution in [2.75, 3.05) is 44.3 Å². The largest absolute Gasteiger partial charge is 0.381 e. The van der Waals surface area contributed by atoms with E-state index in [0.717, 1.165) is 58.7 Å². The number of benzene rings is 1. The Kier molecular flexibility index (Phi) is 5.31. The Labute approximate surface area is 163 Å². The molecule has 2 saturated heterocycles. The molecule has 3 heterocycles. The summed E-state index contributed by atoms with van der Waals surface area (Å²) in [6, 6.07) is 9.27. The molecule has 3 aliphatic rings. The van der Waals surface area contributed by atoms with Gasteiger partial charge in [-0.1, -0.05) is 25.1 Å². The van der Waals surface area contributed by atoms with Gasteiger partial charge in [0, 0.05) is 55.8 Å². The number of para-hydroxylation sites is 1. The molecule has 0 radical (unpaired) electrons. The third-order valence-electron chi connectivity index (χ3n) is 6.80. The molecule has 27 heavy (non-hydrogen) atoms. The second-order valence-electron chi connectivity index (χ2n) is 8.65. The summed E-state index contributed by atoms with van der Waals surface area (Å²) < 4.78 is 5.60. The lowest BCUT2D eigenvalue weighted by molar-refractivity contribution is 0.158. The molecule has 3 aliphatic heterocycles. The van der Waals surface area contributed by atoms with Gasteiger partial charge in [-0.15, -0.1) is 0 Å². The first kappa shape index (κ1) is 18.6. The topological polar surface area (TPSA) is 44.8 Å². The summed E-state index contributed by atoms with van der Waals surface area (Å²) in [6.07, 6.45) is 4.25. The molecule has 1 N–H and O–H groups in total. The number of likely N-dealkylation sites (tertiary alicyclic amines) is 1. The SMILES string of the molecule is CC[C@@H](C)NC(=O)N1CCC2(CC1)CN(C[C@H]1CCOC1)c1ccccc12. The molecule has 0 aromatic heterocycles. The van der Waals surface area contributed by atoms with Crippen LogP contribution < -0.4 is 10.2 Å². The van der Waals surface area contributed by atoms with Gasteiger partial charge in [-0.05, 0) is 44.2 Å². The van der Waals surface area contributed by atoms with Crippen LogP contribution in [0, 0.1) is 5.92 Å². The van der Waals surface area contributed by atoms with E-state index in [4.69, 9.17) is 4.74 Å². The molecule has 0 unspecified atom stereocenters. The van der Waals surface area contributed by atoms with Crippen LogP contribution in [0.5, 0.6) is 0 Å². The first-order chi connectivity index (χ1) is 13.1. The van der Waals surface area contributed by atoms with Gasteiger partial charge in [-0.2, -0.15) is 0 Å². The minimum atomic E-state index is 0.102. The Morgan fingerprint density at radius 1 is 1.33 bits per heavy atom. The molecule has 5 nitrogen and oxygen atoms in total. The Morgan fingerprint density at radius 3 is 2.81 bits per heavy atom. The maximum absolute atomic E-state index is 12.5. The Morgan fingerprint density at radius 2 is 2.11 bits per heavy atom. The van der Waals surface area contributed by atoms with Crippen LogP contribution in [-0.2, 0) is 10.2 Å². The number of urea groups is 1. The van der Waals surface area contributed by atoms with Crippen molar-refractivity contribution in [3.05, 3.63) is 29.8 Å². The lowest BCUT2D eigenvalue weighted by atomic mass is 9.74. The third kappa shape index (κ3) is 3.66. The highest BCUT2D eigenvalue weighted by Crippen LogP contribution is 2.47. The number of carbonyl (C=O) groups is 1. The van der Waals surface area contributed by atoms with Gasteiger partial charge < -0.3 is 19.9 Å². The summed E-state index contributed by atoms with van der Waals surface area (Å²) in [5.41, 5.74) is 3.09. The average Bonchev–Trinajstić information content (AvgIpc) is 3.30. The van der Waals surface area contributed by atoms with E-state index in [0.29, 0.717) is 5.92 Å². The Balaban J connectivity index is 1.45. The number of fused-ring (bicyclic) bond motifs is 2. The number of anilines is 1. The van der Waals surface area contributed by atoms with E-state index in [1.165, 1.54) is 17.7 Å². The van der Waals surface area contributed by atoms with Crippen molar-refractivity contribution >= 4 is 11.7 Å². The van der Waals surface area contributed by atoms with Crippen molar-refractivity contribution in [3.63, 3.8) is 0 Å². The van der Waals surface area contributed by atoms with Crippen LogP contribution >= 0.6 is 0 Å². The smallest absolute Gasteiger partial charge is 0.317 e. The fourth-order valence-corrected chi connectivity index (χ4v) is 4.90. The zero-order valence-electron chi connectivity index (χ0n) is 16.7. The van der Waals surface area contributed by atoms with Crippen molar-refractivity contribution in [1.29, 1.82) is 0 Å². The number of ether oxygens (including phenoxy) is 1. The van der Waals surface area contributed by atoms with Gasteiger partial charge in [-0.3, -0.25) is 0 Å². The predicted molar refractivity (Wildman–Crippen MR) is 108 cm³/mol. The van der Waals surface area contributed by atoms with E-state index in [2.05, 4.69) is 48.3 Å². The fraction of sp³-hybridized carbons (Fsp3) is 0.682. The first-order valence-corrected chi connectivity index (χ1v) is 10.6. The Bertz CT molecular complexity index is 663. The molecule has 2 fully saturated rings. The summed E-state index contributed by atoms with van der Waals surface area (Å²) in [7, 11) is 0. The zero-order chi connectivity index (χ0) is 18.9. The van der Waals surface area contributed by atoms with E-state index < -0.39 is 0 Å². The molecule has 5 heteroatoms. The highest BCUT2D eigenvalue weighted by molar-refractivity contribution is 5.75. The van der Waals surface area contributed by atoms with Gasteiger partial charge >= 0.3 is 6.03 Å². The summed E-state index contributed by atoms with van der Waals surface area (Å²) in [6.45, 7) is 9.85. The molecule has 2 amide bonds. The standard InChI is InChI=1S/C22H33N3O2/c1-3-17(2)23-21(26)24-11-9-22(10-12-24)16-25(14-18-8-13-27-15-18)20-7-5-4-6-19(20)22/h4-7,17-18H,3,8-16H2,1-2H3,(H,23,26)/t17-,18-/m1/s1. The number of rotatable bonds is 4. The fourth-order valence-electron chi connectivity index (χ4n) is 4.90. The van der Waals surface area contributed by atoms with Crippen LogP contribution in [-0.4, -0.2) is 56.4 Å². The van der Waals surface area contributed by atoms with Crippen molar-refractivity contribution in [1.82, 2.24) is 10.2 Å². The maximum Gasteiger partial charge on any atom is 0.317 e. The van der Waals surface area contributed by atoms with Gasteiger partial charge in [0.25, 0.3) is 0 Å². The van der Waals surface area contributed by atoms with E-state index in [1.807, 2.05) is 4.90 Å². The normalized spacial score (nSPS) is 24.9. The summed E-state index contributed by atoms with van der Waals surface area (Å²) >= 11 is 0. The highest BCUT2D eigenvalue weighted by Gasteiger charge is 2.45. The van der Waals surface area contributed by atoms with Crippen LogP contribution in [0.15, 0.2) is 24.3 Å². The molecule has 2 atom stereocenters. The molecular formula is C22H33N3O2. The van der Waals surface area contributed by atoms with E-state index in [1.54, 1.807) is 0 Å². The summed E-state index contributed by atoms with van der Waals surface area (Å²) in [4.78, 5) is 17.1. The number of carbonyl (C=O) groups excluding carboxylic acids is 1. The van der Waals surface area contributed by atoms with E-state index in [9.17, 15) is 4.79 Å². The van der Waals surface area contributed by atoms with Crippen LogP contribution in [0.3, 0.4) is 0 Å². The molecule has 0 saturated carbocycles. The number of nitrogens with zero attached hydrogens (tertiary/aromatic N) is 2. The zero-order valence-corrected chi connectivity index (χ0v) is 16.7. The minimum absolute atomic E-state index is 0.102. The molecule has 0 aliphatic carbocycles. The number of hydrogen-bond donors (Lipinski definition) is 1. The molecule has 148 valence electrons. The van der Waals surface area contributed by atoms with Crippen molar-refractivity contribution in [3.8, 4) is 0 Å². The molecule has 1 aromatic carbocycles. The lowest BCUT2D eigenvalue weighted by Gasteiger charge is -2.40. The first-order valence-electron chi connectivity index (χ1n) is 10.6. The predicted octanol–water partition coefficient (Wildman–Crippen LogP) is 3.38. The molecule has 1 spiro atoms. The Hall–Kier alpha value is -1.75. The summed E-state index contributed by atoms with van der Waals surface area (Å²) in [5, 5.41) is 3.12. The highest BCUT2D eigenvalue weighted by atomic mass is 16.5. The molecular weight excluding hydrogens is 338 g/mol. The van der Waals surface area contributed by atoms with Gasteiger partial charge in [-0.25, -0.2) is 4.79 Å². The summed E-state index contributed by atoms with van der Waals surface area (Å²) in [5.74, 6) is 0.648. The lowest BCUT2D eigenvalue weighted by Crippen LogP contribution is -2.51. The van der Waals surface area contributed by atoms with Gasteiger partial charge in [0.2, 0.25) is 0 Å². The van der Waals surface area contributed by atoms with Gasteiger partial charge in [0.1, 0.15) is 0 Å². The van der Waals surface area contributed by atoms with Crippen LogP contribution in [0.4, 0.5) is 10.5 Å². The van der Waals surface area contributed by atoms with E-state index in [-0.39, 0.29) is 17.5 Å². The van der Waals surface area contributed by atoms with Gasteiger partial charge in [0.05, 0.1) is 6.61 Å². The van der Waals surface area contributed by atoms with E-state index >= 15 is 0 Å². The number of piperidine rings is 1. The van der Waals surface area contributed by atoms with Crippen LogP contribution in [0.2, 0.25) is 0 Å². The van der Waals surface area contributed by atoms with Gasteiger partial charge in [0.15, 0.2) is 0 Å². The number of nitrogens with one attached hydrogen (secondary N) is 1. The second kappa shape index (κ2) is 7.70. The van der Waals surface area contributed by atoms with Crippen LogP contribution in [0.1, 0.15) is 45.1 Å². The number of amides is 2. The molecule has 4 rings (SSSR count). The van der Waals surface area contributed by atoms with Crippen molar-refractivity contribution in [2.24, 2.45) is 5.92 Å². The molecule has 0 bridgehead atoms. The second-order valence-corrected chi connectivity index (χ2v) is 8.65. The number of hydrogen-bond acceptors (Lipinski definition) is 3. The minimum Gasteiger partial charge on any atom is -0.381 e. The third-order valence-corrected chi connectivity index (χ3v) is 6.80. The average molecular weight is 372 g/mol. The quantitative estimate of drug-likeness (QED) is 0.882. The molecule has 1 aromatic rings. The monoisotopic (exact) mass is 371 g/mol. The maximum atomic E-state index is 12.5. The van der Waals surface area contributed by atoms with Crippen molar-refractivity contribution < 1.29 is 9.53 Å². The van der Waals surface area contributed by atoms with Crippen molar-refractivity contribution in [2.45, 2.75) is 51.0 Å².